The first-order valence-electron chi connectivity index (χ1n) is 8.70. The molecule has 2 aliphatic rings. The number of hydrogen-bond donors (Lipinski definition) is 1. The molecule has 4 atom stereocenters. The Labute approximate surface area is 129 Å². The molecule has 2 aliphatic heterocycles. The van der Waals surface area contributed by atoms with Crippen LogP contribution in [0.5, 0.6) is 0 Å². The molecule has 4 unspecified atom stereocenters. The van der Waals surface area contributed by atoms with E-state index in [-0.39, 0.29) is 17.8 Å². The van der Waals surface area contributed by atoms with E-state index in [0.717, 1.165) is 38.7 Å². The van der Waals surface area contributed by atoms with Crippen molar-refractivity contribution in [1.82, 2.24) is 10.2 Å². The quantitative estimate of drug-likeness (QED) is 0.848. The van der Waals surface area contributed by atoms with Crippen LogP contribution < -0.4 is 5.32 Å². The molecule has 0 bridgehead atoms. The molecule has 0 aromatic heterocycles. The zero-order valence-electron chi connectivity index (χ0n) is 14.3. The topological polar surface area (TPSA) is 41.6 Å². The van der Waals surface area contributed by atoms with Gasteiger partial charge in [0, 0.05) is 12.6 Å². The second-order valence-corrected chi connectivity index (χ2v) is 6.84. The molecule has 2 heterocycles. The summed E-state index contributed by atoms with van der Waals surface area (Å²) in [6.45, 7) is 11.6. The molecule has 2 rings (SSSR count). The van der Waals surface area contributed by atoms with Crippen molar-refractivity contribution in [2.24, 2.45) is 5.92 Å². The van der Waals surface area contributed by atoms with Gasteiger partial charge in [-0.15, -0.1) is 0 Å². The van der Waals surface area contributed by atoms with E-state index in [2.05, 4.69) is 44.8 Å². The van der Waals surface area contributed by atoms with E-state index in [4.69, 9.17) is 4.74 Å². The summed E-state index contributed by atoms with van der Waals surface area (Å²) >= 11 is 0. The Hall–Kier alpha value is -0.610. The lowest BCUT2D eigenvalue weighted by Crippen LogP contribution is -2.51. The average molecular weight is 296 g/mol. The van der Waals surface area contributed by atoms with Crippen molar-refractivity contribution in [3.05, 3.63) is 0 Å². The van der Waals surface area contributed by atoms with Gasteiger partial charge in [-0.1, -0.05) is 34.1 Å². The number of rotatable bonds is 5. The van der Waals surface area contributed by atoms with Crippen molar-refractivity contribution in [3.8, 4) is 0 Å². The lowest BCUT2D eigenvalue weighted by Gasteiger charge is -2.44. The normalized spacial score (nSPS) is 34.2. The summed E-state index contributed by atoms with van der Waals surface area (Å²) in [4.78, 5) is 14.9. The van der Waals surface area contributed by atoms with Crippen molar-refractivity contribution >= 4 is 5.91 Å². The second kappa shape index (κ2) is 6.66. The summed E-state index contributed by atoms with van der Waals surface area (Å²) < 4.78 is 6.06. The lowest BCUT2D eigenvalue weighted by atomic mass is 9.85. The van der Waals surface area contributed by atoms with Gasteiger partial charge in [0.2, 0.25) is 5.91 Å². The van der Waals surface area contributed by atoms with Gasteiger partial charge in [0.15, 0.2) is 0 Å². The largest absolute Gasteiger partial charge is 0.375 e. The Kier molecular flexibility index (Phi) is 5.31. The minimum Gasteiger partial charge on any atom is -0.375 e. The molecule has 1 amide bonds. The molecule has 0 aromatic carbocycles. The van der Waals surface area contributed by atoms with Gasteiger partial charge < -0.3 is 9.64 Å². The fourth-order valence-corrected chi connectivity index (χ4v) is 3.88. The van der Waals surface area contributed by atoms with E-state index in [0.29, 0.717) is 17.9 Å². The summed E-state index contributed by atoms with van der Waals surface area (Å²) in [6.07, 6.45) is 5.17. The minimum atomic E-state index is -0.0304. The maximum Gasteiger partial charge on any atom is 0.241 e. The van der Waals surface area contributed by atoms with Gasteiger partial charge in [0.1, 0.15) is 0 Å². The number of carbonyl (C=O) groups excluding carboxylic acids is 1. The summed E-state index contributed by atoms with van der Waals surface area (Å²) in [6, 6.07) is 0.313. The summed E-state index contributed by atoms with van der Waals surface area (Å²) in [5, 5.41) is 3.50. The smallest absolute Gasteiger partial charge is 0.241 e. The molecule has 4 nitrogen and oxygen atoms in total. The fraction of sp³-hybridized carbons (Fsp3) is 0.941. The number of nitrogens with one attached hydrogen (secondary N) is 1. The zero-order chi connectivity index (χ0) is 15.6. The summed E-state index contributed by atoms with van der Waals surface area (Å²) in [5.41, 5.74) is -0.0304. The molecule has 2 saturated heterocycles. The van der Waals surface area contributed by atoms with Crippen molar-refractivity contribution in [2.45, 2.75) is 90.6 Å². The summed E-state index contributed by atoms with van der Waals surface area (Å²) in [7, 11) is 0. The Morgan fingerprint density at radius 3 is 2.62 bits per heavy atom. The van der Waals surface area contributed by atoms with Crippen LogP contribution in [0.2, 0.25) is 0 Å². The Morgan fingerprint density at radius 2 is 2.05 bits per heavy atom. The van der Waals surface area contributed by atoms with Crippen LogP contribution in [0.1, 0.15) is 66.7 Å². The zero-order valence-corrected chi connectivity index (χ0v) is 14.3. The molecule has 4 heteroatoms. The minimum absolute atomic E-state index is 0.00880. The molecule has 1 N–H and O–H groups in total. The number of ether oxygens (including phenoxy) is 1. The maximum absolute atomic E-state index is 12.8. The van der Waals surface area contributed by atoms with Gasteiger partial charge in [0.25, 0.3) is 0 Å². The Bertz CT molecular complexity index is 368. The van der Waals surface area contributed by atoms with E-state index in [1.165, 1.54) is 0 Å². The van der Waals surface area contributed by atoms with Crippen LogP contribution in [0.25, 0.3) is 0 Å². The molecule has 0 radical (unpaired) electrons. The van der Waals surface area contributed by atoms with Gasteiger partial charge in [-0.25, -0.2) is 0 Å². The van der Waals surface area contributed by atoms with Crippen LogP contribution in [-0.2, 0) is 9.53 Å². The van der Waals surface area contributed by atoms with Gasteiger partial charge in [-0.2, -0.15) is 0 Å². The van der Waals surface area contributed by atoms with Crippen LogP contribution >= 0.6 is 0 Å². The molecule has 0 saturated carbocycles. The Morgan fingerprint density at radius 1 is 1.38 bits per heavy atom. The third-order valence-electron chi connectivity index (χ3n) is 5.72. The molecule has 0 aliphatic carbocycles. The predicted molar refractivity (Wildman–Crippen MR) is 85.0 cm³/mol. The highest BCUT2D eigenvalue weighted by molar-refractivity contribution is 5.85. The van der Waals surface area contributed by atoms with E-state index < -0.39 is 0 Å². The monoisotopic (exact) mass is 296 g/mol. The van der Waals surface area contributed by atoms with Gasteiger partial charge in [0.05, 0.1) is 17.8 Å². The first-order chi connectivity index (χ1) is 9.98. The van der Waals surface area contributed by atoms with E-state index in [1.807, 2.05) is 0 Å². The fourth-order valence-electron chi connectivity index (χ4n) is 3.88. The van der Waals surface area contributed by atoms with Crippen LogP contribution in [0.3, 0.4) is 0 Å². The van der Waals surface area contributed by atoms with Crippen LogP contribution in [0.15, 0.2) is 0 Å². The van der Waals surface area contributed by atoms with Crippen molar-refractivity contribution < 1.29 is 9.53 Å². The second-order valence-electron chi connectivity index (χ2n) is 6.84. The first-order valence-corrected chi connectivity index (χ1v) is 8.70. The third kappa shape index (κ3) is 3.11. The van der Waals surface area contributed by atoms with Gasteiger partial charge >= 0.3 is 0 Å². The van der Waals surface area contributed by atoms with E-state index in [9.17, 15) is 4.79 Å². The standard InChI is InChI=1S/C17H32N2O2/c1-6-12(4)15-16(20)19(13(5)18-15)14-9-10-21-17(7-2,8-3)11-14/h12-15,18H,6-11H2,1-5H3. The molecular formula is C17H32N2O2. The van der Waals surface area contributed by atoms with Crippen LogP contribution in [0, 0.1) is 5.92 Å². The highest BCUT2D eigenvalue weighted by Crippen LogP contribution is 2.35. The highest BCUT2D eigenvalue weighted by atomic mass is 16.5. The van der Waals surface area contributed by atoms with Crippen molar-refractivity contribution in [1.29, 1.82) is 0 Å². The Balaban J connectivity index is 2.12. The lowest BCUT2D eigenvalue weighted by molar-refractivity contribution is -0.143. The molecule has 0 aromatic rings. The number of hydrogen-bond acceptors (Lipinski definition) is 3. The van der Waals surface area contributed by atoms with Gasteiger partial charge in [-0.05, 0) is 38.5 Å². The van der Waals surface area contributed by atoms with Gasteiger partial charge in [-0.3, -0.25) is 10.1 Å². The third-order valence-corrected chi connectivity index (χ3v) is 5.72. The van der Waals surface area contributed by atoms with E-state index >= 15 is 0 Å². The number of carbonyl (C=O) groups is 1. The first kappa shape index (κ1) is 16.8. The maximum atomic E-state index is 12.8. The van der Waals surface area contributed by atoms with Crippen LogP contribution in [-0.4, -0.2) is 41.3 Å². The SMILES string of the molecule is CCC(C)C1NC(C)N(C2CCOC(CC)(CC)C2)C1=O. The van der Waals surface area contributed by atoms with Crippen LogP contribution in [0.4, 0.5) is 0 Å². The molecule has 0 spiro atoms. The number of nitrogens with zero attached hydrogens (tertiary/aromatic N) is 1. The van der Waals surface area contributed by atoms with Crippen molar-refractivity contribution in [3.63, 3.8) is 0 Å². The highest BCUT2D eigenvalue weighted by Gasteiger charge is 2.45. The molecule has 122 valence electrons. The molecule has 2 fully saturated rings. The molecule has 21 heavy (non-hydrogen) atoms. The van der Waals surface area contributed by atoms with E-state index in [1.54, 1.807) is 0 Å². The van der Waals surface area contributed by atoms with Crippen molar-refractivity contribution in [2.75, 3.05) is 6.61 Å². The predicted octanol–water partition coefficient (Wildman–Crippen LogP) is 2.92. The average Bonchev–Trinajstić information content (AvgIpc) is 2.81. The number of amides is 1. The summed E-state index contributed by atoms with van der Waals surface area (Å²) in [5.74, 6) is 0.691. The molecular weight excluding hydrogens is 264 g/mol.